The highest BCUT2D eigenvalue weighted by molar-refractivity contribution is 6.21. The second-order valence-corrected chi connectivity index (χ2v) is 5.37. The van der Waals surface area contributed by atoms with E-state index in [0.29, 0.717) is 0 Å². The number of halogens is 1. The van der Waals surface area contributed by atoms with E-state index in [9.17, 15) is 14.9 Å². The van der Waals surface area contributed by atoms with Crippen molar-refractivity contribution < 1.29 is 9.72 Å². The third-order valence-electron chi connectivity index (χ3n) is 3.34. The number of nitrogens with zero attached hydrogens (tertiary/aromatic N) is 1. The quantitative estimate of drug-likeness (QED) is 0.526. The van der Waals surface area contributed by atoms with Crippen molar-refractivity contribution in [1.82, 2.24) is 5.32 Å². The number of aryl methyl sites for hydroxylation is 1. The molecule has 2 unspecified atom stereocenters. The number of hydrogen-bond acceptors (Lipinski definition) is 3. The molecule has 102 valence electrons. The zero-order valence-electron chi connectivity index (χ0n) is 10.6. The predicted molar refractivity (Wildman–Crippen MR) is 72.6 cm³/mol. The van der Waals surface area contributed by atoms with E-state index in [1.165, 1.54) is 12.1 Å². The number of alkyl halides is 1. The fourth-order valence-corrected chi connectivity index (χ4v) is 2.66. The first-order chi connectivity index (χ1) is 8.99. The second-order valence-electron chi connectivity index (χ2n) is 4.80. The molecule has 6 heteroatoms. The van der Waals surface area contributed by atoms with E-state index in [0.717, 1.165) is 24.8 Å². The summed E-state index contributed by atoms with van der Waals surface area (Å²) in [5, 5.41) is 13.6. The number of carbonyl (C=O) groups is 1. The number of nitro benzene ring substituents is 1. The van der Waals surface area contributed by atoms with Gasteiger partial charge >= 0.3 is 0 Å². The predicted octanol–water partition coefficient (Wildman–Crippen LogP) is 2.79. The number of carbonyl (C=O) groups excluding carboxylic acids is 1. The molecule has 1 fully saturated rings. The van der Waals surface area contributed by atoms with Gasteiger partial charge in [0.05, 0.1) is 10.3 Å². The number of hydrogen-bond donors (Lipinski definition) is 1. The second kappa shape index (κ2) is 5.57. The Hall–Kier alpha value is -1.62. The summed E-state index contributed by atoms with van der Waals surface area (Å²) in [4.78, 5) is 22.5. The zero-order chi connectivity index (χ0) is 14.0. The van der Waals surface area contributed by atoms with Crippen LogP contribution in [0.3, 0.4) is 0 Å². The van der Waals surface area contributed by atoms with Gasteiger partial charge in [0.1, 0.15) is 5.56 Å². The van der Waals surface area contributed by atoms with Gasteiger partial charge in [0.15, 0.2) is 0 Å². The lowest BCUT2D eigenvalue weighted by Crippen LogP contribution is -2.38. The van der Waals surface area contributed by atoms with Gasteiger partial charge in [-0.2, -0.15) is 0 Å². The maximum absolute atomic E-state index is 12.1. The van der Waals surface area contributed by atoms with Crippen molar-refractivity contribution >= 4 is 23.2 Å². The average molecular weight is 283 g/mol. The summed E-state index contributed by atoms with van der Waals surface area (Å²) in [5.41, 5.74) is 0.734. The number of benzene rings is 1. The Labute approximate surface area is 116 Å². The summed E-state index contributed by atoms with van der Waals surface area (Å²) in [6.07, 6.45) is 2.65. The Morgan fingerprint density at radius 2 is 2.21 bits per heavy atom. The third kappa shape index (κ3) is 3.04. The van der Waals surface area contributed by atoms with Gasteiger partial charge < -0.3 is 5.32 Å². The molecule has 1 saturated carbocycles. The molecule has 2 rings (SSSR count). The monoisotopic (exact) mass is 282 g/mol. The van der Waals surface area contributed by atoms with Crippen LogP contribution < -0.4 is 5.32 Å². The van der Waals surface area contributed by atoms with Crippen LogP contribution in [0.15, 0.2) is 18.2 Å². The molecular weight excluding hydrogens is 268 g/mol. The summed E-state index contributed by atoms with van der Waals surface area (Å²) < 4.78 is 0. The Kier molecular flexibility index (Phi) is 4.04. The van der Waals surface area contributed by atoms with E-state index in [1.54, 1.807) is 13.0 Å². The number of nitrogens with one attached hydrogen (secondary N) is 1. The SMILES string of the molecule is Cc1ccc([N+](=O)[O-])c(C(=O)NC2CCCC2Cl)c1. The minimum atomic E-state index is -0.540. The maximum atomic E-state index is 12.1. The van der Waals surface area contributed by atoms with Crippen LogP contribution in [0, 0.1) is 17.0 Å². The summed E-state index contributed by atoms with van der Waals surface area (Å²) in [6, 6.07) is 4.41. The fourth-order valence-electron chi connectivity index (χ4n) is 2.31. The van der Waals surface area contributed by atoms with Crippen molar-refractivity contribution in [3.8, 4) is 0 Å². The molecule has 5 nitrogen and oxygen atoms in total. The van der Waals surface area contributed by atoms with Gasteiger partial charge in [-0.1, -0.05) is 6.07 Å². The highest BCUT2D eigenvalue weighted by Gasteiger charge is 2.29. The van der Waals surface area contributed by atoms with Gasteiger partial charge in [-0.3, -0.25) is 14.9 Å². The van der Waals surface area contributed by atoms with Crippen LogP contribution in [0.1, 0.15) is 35.2 Å². The van der Waals surface area contributed by atoms with Crippen molar-refractivity contribution in [2.24, 2.45) is 0 Å². The molecule has 0 radical (unpaired) electrons. The van der Waals surface area contributed by atoms with Gasteiger partial charge in [-0.15, -0.1) is 11.6 Å². The average Bonchev–Trinajstić information content (AvgIpc) is 2.74. The minimum absolute atomic E-state index is 0.0900. The van der Waals surface area contributed by atoms with Crippen LogP contribution in [-0.2, 0) is 0 Å². The van der Waals surface area contributed by atoms with E-state index >= 15 is 0 Å². The Bertz CT molecular complexity index is 519. The lowest BCUT2D eigenvalue weighted by molar-refractivity contribution is -0.385. The van der Waals surface area contributed by atoms with Gasteiger partial charge in [0.25, 0.3) is 11.6 Å². The molecule has 0 saturated heterocycles. The number of amides is 1. The van der Waals surface area contributed by atoms with Gasteiger partial charge in [-0.25, -0.2) is 0 Å². The molecule has 1 aromatic carbocycles. The van der Waals surface area contributed by atoms with Crippen LogP contribution in [0.2, 0.25) is 0 Å². The largest absolute Gasteiger partial charge is 0.348 e. The number of rotatable bonds is 3. The molecule has 0 heterocycles. The Morgan fingerprint density at radius 3 is 2.79 bits per heavy atom. The molecule has 1 aliphatic carbocycles. The molecule has 0 bridgehead atoms. The van der Waals surface area contributed by atoms with E-state index in [4.69, 9.17) is 11.6 Å². The summed E-state index contributed by atoms with van der Waals surface area (Å²) in [7, 11) is 0. The van der Waals surface area contributed by atoms with E-state index in [2.05, 4.69) is 5.32 Å². The molecule has 2 atom stereocenters. The minimum Gasteiger partial charge on any atom is -0.348 e. The van der Waals surface area contributed by atoms with Gasteiger partial charge in [-0.05, 0) is 37.8 Å². The van der Waals surface area contributed by atoms with E-state index < -0.39 is 10.8 Å². The molecule has 0 aromatic heterocycles. The maximum Gasteiger partial charge on any atom is 0.282 e. The van der Waals surface area contributed by atoms with Crippen molar-refractivity contribution in [1.29, 1.82) is 0 Å². The smallest absolute Gasteiger partial charge is 0.282 e. The Balaban J connectivity index is 2.22. The Morgan fingerprint density at radius 1 is 1.47 bits per heavy atom. The number of nitro groups is 1. The zero-order valence-corrected chi connectivity index (χ0v) is 11.3. The normalized spacial score (nSPS) is 22.2. The molecule has 1 aliphatic rings. The molecular formula is C13H15ClN2O3. The fraction of sp³-hybridized carbons (Fsp3) is 0.462. The van der Waals surface area contributed by atoms with Gasteiger partial charge in [0.2, 0.25) is 0 Å². The van der Waals surface area contributed by atoms with Crippen LogP contribution in [0.25, 0.3) is 0 Å². The van der Waals surface area contributed by atoms with E-state index in [-0.39, 0.29) is 22.7 Å². The van der Waals surface area contributed by atoms with Crippen molar-refractivity contribution in [3.63, 3.8) is 0 Å². The highest BCUT2D eigenvalue weighted by Crippen LogP contribution is 2.25. The third-order valence-corrected chi connectivity index (χ3v) is 3.86. The first kappa shape index (κ1) is 13.8. The molecule has 1 amide bonds. The standard InChI is InChI=1S/C13H15ClN2O3/c1-8-5-6-12(16(18)19)9(7-8)13(17)15-11-4-2-3-10(11)14/h5-7,10-11H,2-4H2,1H3,(H,15,17). The first-order valence-electron chi connectivity index (χ1n) is 6.19. The van der Waals surface area contributed by atoms with Crippen molar-refractivity contribution in [2.75, 3.05) is 0 Å². The molecule has 0 aliphatic heterocycles. The molecule has 19 heavy (non-hydrogen) atoms. The lowest BCUT2D eigenvalue weighted by atomic mass is 10.1. The summed E-state index contributed by atoms with van der Waals surface area (Å²) >= 11 is 6.09. The van der Waals surface area contributed by atoms with Crippen LogP contribution in [-0.4, -0.2) is 22.2 Å². The molecule has 0 spiro atoms. The van der Waals surface area contributed by atoms with Crippen molar-refractivity contribution in [2.45, 2.75) is 37.6 Å². The van der Waals surface area contributed by atoms with Crippen LogP contribution >= 0.6 is 11.6 Å². The first-order valence-corrected chi connectivity index (χ1v) is 6.62. The summed E-state index contributed by atoms with van der Waals surface area (Å²) in [6.45, 7) is 1.79. The molecule has 1 aromatic rings. The molecule has 1 N–H and O–H groups in total. The van der Waals surface area contributed by atoms with E-state index in [1.807, 2.05) is 0 Å². The van der Waals surface area contributed by atoms with Gasteiger partial charge in [0, 0.05) is 12.1 Å². The van der Waals surface area contributed by atoms with Crippen LogP contribution in [0.4, 0.5) is 5.69 Å². The highest BCUT2D eigenvalue weighted by atomic mass is 35.5. The van der Waals surface area contributed by atoms with Crippen molar-refractivity contribution in [3.05, 3.63) is 39.4 Å². The lowest BCUT2D eigenvalue weighted by Gasteiger charge is -2.16. The topological polar surface area (TPSA) is 72.2 Å². The summed E-state index contributed by atoms with van der Waals surface area (Å²) in [5.74, 6) is -0.423. The van der Waals surface area contributed by atoms with Crippen LogP contribution in [0.5, 0.6) is 0 Å².